The normalized spacial score (nSPS) is 14.3. The average Bonchev–Trinajstić information content (AvgIpc) is 3.90. The smallest absolute Gasteiger partial charge is 0.322 e. The van der Waals surface area contributed by atoms with Gasteiger partial charge in [0.25, 0.3) is 11.8 Å². The fraction of sp³-hybridized carbons (Fsp3) is 0.217. The summed E-state index contributed by atoms with van der Waals surface area (Å²) in [6, 6.07) is 30.9. The zero-order chi connectivity index (χ0) is 46.6. The summed E-state index contributed by atoms with van der Waals surface area (Å²) in [5.41, 5.74) is 7.68. The maximum Gasteiger partial charge on any atom is 0.322 e. The number of benzene rings is 4. The lowest BCUT2D eigenvalue weighted by Gasteiger charge is -2.48. The van der Waals surface area contributed by atoms with Crippen LogP contribution in [0.5, 0.6) is 11.5 Å². The van der Waals surface area contributed by atoms with Gasteiger partial charge in [-0.3, -0.25) is 19.0 Å². The Labute approximate surface area is 378 Å². The molecule has 6 aromatic rings. The number of nitrogens with one attached hydrogen (secondary N) is 5. The molecule has 0 spiro atoms. The number of nitriles is 2. The molecule has 334 valence electrons. The van der Waals surface area contributed by atoms with Crippen LogP contribution in [-0.2, 0) is 11.1 Å². The second-order valence-corrected chi connectivity index (χ2v) is 16.1. The molecule has 0 atom stereocenters. The summed E-state index contributed by atoms with van der Waals surface area (Å²) >= 11 is 0. The number of carbonyl (C=O) groups is 4. The summed E-state index contributed by atoms with van der Waals surface area (Å²) in [6.45, 7) is 2.44. The van der Waals surface area contributed by atoms with Crippen LogP contribution in [0.15, 0.2) is 109 Å². The van der Waals surface area contributed by atoms with Crippen molar-refractivity contribution in [2.45, 2.75) is 30.8 Å². The molecule has 0 radical (unpaired) electrons. The van der Waals surface area contributed by atoms with Gasteiger partial charge in [0.05, 0.1) is 64.0 Å². The van der Waals surface area contributed by atoms with Gasteiger partial charge in [0.1, 0.15) is 33.7 Å². The first-order valence-electron chi connectivity index (χ1n) is 20.6. The number of ether oxygens (including phenoxy) is 1. The van der Waals surface area contributed by atoms with Crippen LogP contribution in [0.25, 0.3) is 0 Å². The van der Waals surface area contributed by atoms with Crippen molar-refractivity contribution in [3.63, 3.8) is 0 Å². The highest BCUT2D eigenvalue weighted by molar-refractivity contribution is 6.08. The van der Waals surface area contributed by atoms with E-state index in [2.05, 4.69) is 43.8 Å². The van der Waals surface area contributed by atoms with Gasteiger partial charge in [0.2, 0.25) is 0 Å². The van der Waals surface area contributed by atoms with Crippen LogP contribution < -0.4 is 37.1 Å². The molecule has 2 aliphatic heterocycles. The molecule has 8 rings (SSSR count). The number of aryl methyl sites for hydroxylation is 1. The van der Waals surface area contributed by atoms with Crippen LogP contribution >= 0.6 is 0 Å². The van der Waals surface area contributed by atoms with Crippen molar-refractivity contribution in [3.8, 4) is 23.6 Å². The molecule has 4 heterocycles. The van der Waals surface area contributed by atoms with Crippen LogP contribution in [0.1, 0.15) is 39.1 Å². The zero-order valence-electron chi connectivity index (χ0n) is 35.8. The molecule has 2 fully saturated rings. The van der Waals surface area contributed by atoms with Gasteiger partial charge >= 0.3 is 12.1 Å². The SMILES string of the molecule is COc1ccc(C)cc1NC(=O)N1CC(CC#N)(n2cc(C(N)=O)c(Nc3ccc(NC(=O)c4cn(C5(CC#N)CN(C(=O)Nc6ccc(O)cc6)C5)nc4Nc4ccccc4)cc3)n2)C1. The quantitative estimate of drug-likeness (QED) is 0.0598. The molecule has 2 aliphatic rings. The fourth-order valence-corrected chi connectivity index (χ4v) is 7.84. The summed E-state index contributed by atoms with van der Waals surface area (Å²) in [7, 11) is 1.51. The number of aromatic nitrogens is 4. The Balaban J connectivity index is 0.964. The molecule has 0 bridgehead atoms. The largest absolute Gasteiger partial charge is 0.508 e. The molecular formula is C46H44N14O6. The molecule has 20 heteroatoms. The van der Waals surface area contributed by atoms with Gasteiger partial charge in [-0.25, -0.2) is 9.59 Å². The van der Waals surface area contributed by atoms with E-state index in [9.17, 15) is 34.8 Å². The maximum atomic E-state index is 14.0. The van der Waals surface area contributed by atoms with Crippen molar-refractivity contribution in [1.29, 1.82) is 10.5 Å². The van der Waals surface area contributed by atoms with E-state index in [-0.39, 0.29) is 73.6 Å². The number of aromatic hydroxyl groups is 1. The Bertz CT molecular complexity index is 2890. The van der Waals surface area contributed by atoms with Crippen LogP contribution in [0.4, 0.5) is 49.7 Å². The molecule has 6 amide bonds. The van der Waals surface area contributed by atoms with Crippen molar-refractivity contribution >= 4 is 63.9 Å². The van der Waals surface area contributed by atoms with E-state index in [0.29, 0.717) is 34.2 Å². The molecule has 0 saturated carbocycles. The Morgan fingerprint density at radius 2 is 1.20 bits per heavy atom. The van der Waals surface area contributed by atoms with Crippen LogP contribution in [0.3, 0.4) is 0 Å². The number of para-hydroxylation sites is 1. The number of rotatable bonds is 14. The third-order valence-electron chi connectivity index (χ3n) is 11.4. The summed E-state index contributed by atoms with van der Waals surface area (Å²) in [6.07, 6.45) is 3.02. The Morgan fingerprint density at radius 3 is 1.76 bits per heavy atom. The Morgan fingerprint density at radius 1 is 0.697 bits per heavy atom. The number of primary amides is 1. The maximum absolute atomic E-state index is 14.0. The fourth-order valence-electron chi connectivity index (χ4n) is 7.84. The molecule has 0 unspecified atom stereocenters. The highest BCUT2D eigenvalue weighted by Gasteiger charge is 2.49. The third kappa shape index (κ3) is 8.92. The van der Waals surface area contributed by atoms with Gasteiger partial charge in [-0.15, -0.1) is 0 Å². The van der Waals surface area contributed by atoms with Gasteiger partial charge in [-0.1, -0.05) is 24.3 Å². The lowest BCUT2D eigenvalue weighted by atomic mass is 9.87. The first-order chi connectivity index (χ1) is 31.8. The number of methoxy groups -OCH3 is 1. The number of urea groups is 2. The van der Waals surface area contributed by atoms with E-state index >= 15 is 0 Å². The van der Waals surface area contributed by atoms with E-state index in [1.807, 2.05) is 43.3 Å². The van der Waals surface area contributed by atoms with E-state index in [1.54, 1.807) is 59.4 Å². The second-order valence-electron chi connectivity index (χ2n) is 16.1. The highest BCUT2D eigenvalue weighted by Crippen LogP contribution is 2.37. The molecule has 2 aromatic heterocycles. The lowest BCUT2D eigenvalue weighted by molar-refractivity contribution is 0.0400. The van der Waals surface area contributed by atoms with E-state index in [4.69, 9.17) is 15.6 Å². The Hall–Kier alpha value is -9.04. The Kier molecular flexibility index (Phi) is 11.9. The molecule has 2 saturated heterocycles. The molecule has 20 nitrogen and oxygen atoms in total. The zero-order valence-corrected chi connectivity index (χ0v) is 35.8. The number of likely N-dealkylation sites (tertiary alicyclic amines) is 2. The summed E-state index contributed by atoms with van der Waals surface area (Å²) in [5.74, 6) is -0.343. The molecule has 0 aliphatic carbocycles. The topological polar surface area (TPSA) is 274 Å². The number of hydrogen-bond acceptors (Lipinski definition) is 12. The van der Waals surface area contributed by atoms with Gasteiger partial charge in [-0.05, 0) is 85.3 Å². The minimum Gasteiger partial charge on any atom is -0.508 e. The van der Waals surface area contributed by atoms with Crippen molar-refractivity contribution in [1.82, 2.24) is 29.4 Å². The number of nitrogens with two attached hydrogens (primary N) is 1. The number of amides is 6. The first kappa shape index (κ1) is 43.6. The van der Waals surface area contributed by atoms with Crippen molar-refractivity contribution in [2.75, 3.05) is 59.9 Å². The minimum atomic E-state index is -0.932. The van der Waals surface area contributed by atoms with Gasteiger partial charge in [0, 0.05) is 35.1 Å². The van der Waals surface area contributed by atoms with Gasteiger partial charge in [-0.2, -0.15) is 20.7 Å². The predicted molar refractivity (Wildman–Crippen MR) is 244 cm³/mol. The number of phenolic OH excluding ortho intramolecular Hbond substituents is 1. The monoisotopic (exact) mass is 888 g/mol. The number of carbonyl (C=O) groups excluding carboxylic acids is 4. The second kappa shape index (κ2) is 18.0. The van der Waals surface area contributed by atoms with Crippen molar-refractivity contribution in [2.24, 2.45) is 5.73 Å². The van der Waals surface area contributed by atoms with E-state index in [0.717, 1.165) is 5.56 Å². The van der Waals surface area contributed by atoms with Crippen molar-refractivity contribution in [3.05, 3.63) is 126 Å². The molecule has 66 heavy (non-hydrogen) atoms. The lowest BCUT2D eigenvalue weighted by Crippen LogP contribution is -2.65. The van der Waals surface area contributed by atoms with Crippen LogP contribution in [0, 0.1) is 29.6 Å². The van der Waals surface area contributed by atoms with Crippen LogP contribution in [-0.4, -0.2) is 91.6 Å². The highest BCUT2D eigenvalue weighted by atomic mass is 16.5. The first-order valence-corrected chi connectivity index (χ1v) is 20.6. The number of anilines is 7. The third-order valence-corrected chi connectivity index (χ3v) is 11.4. The van der Waals surface area contributed by atoms with Crippen molar-refractivity contribution < 1.29 is 29.0 Å². The van der Waals surface area contributed by atoms with Crippen LogP contribution in [0.2, 0.25) is 0 Å². The summed E-state index contributed by atoms with van der Waals surface area (Å²) in [5, 5.41) is 53.5. The number of hydrogen-bond donors (Lipinski definition) is 7. The standard InChI is InChI=1S/C46H44N14O6/c1-29-8-17-38(66-2)37(22-29)54-44(65)58-27-45(28-58,18-20-47)59-23-35(39(49)62)40(55-59)51-31-9-11-32(12-10-31)52-42(63)36-24-60(56-41(36)50-30-6-4-3-5-7-30)46(19-21-48)25-57(26-46)43(64)53-33-13-15-34(61)16-14-33/h3-17,22-24,61H,18-19,25-28H2,1-2H3,(H2,49,62)(H,50,56)(H,51,55)(H,52,63)(H,53,64)(H,54,65). The van der Waals surface area contributed by atoms with Gasteiger partial charge < -0.3 is 52.0 Å². The average molecular weight is 889 g/mol. The number of nitrogens with zero attached hydrogens (tertiary/aromatic N) is 8. The van der Waals surface area contributed by atoms with E-state index in [1.165, 1.54) is 39.9 Å². The predicted octanol–water partition coefficient (Wildman–Crippen LogP) is 6.25. The molecule has 4 aromatic carbocycles. The summed E-state index contributed by atoms with van der Waals surface area (Å²) in [4.78, 5) is 56.1. The molecular weight excluding hydrogens is 845 g/mol. The van der Waals surface area contributed by atoms with Gasteiger partial charge in [0.15, 0.2) is 11.6 Å². The number of phenols is 1. The molecule has 8 N–H and O–H groups in total. The summed E-state index contributed by atoms with van der Waals surface area (Å²) < 4.78 is 8.45. The minimum absolute atomic E-state index is 0.00324. The van der Waals surface area contributed by atoms with E-state index < -0.39 is 28.9 Å².